The van der Waals surface area contributed by atoms with Gasteiger partial charge in [0.2, 0.25) is 22.3 Å². The summed E-state index contributed by atoms with van der Waals surface area (Å²) in [4.78, 5) is 34.9. The lowest BCUT2D eigenvalue weighted by atomic mass is 10.1. The van der Waals surface area contributed by atoms with Gasteiger partial charge in [-0.05, 0) is 65.9 Å². The van der Waals surface area contributed by atoms with E-state index in [4.69, 9.17) is 21.8 Å². The van der Waals surface area contributed by atoms with Crippen molar-refractivity contribution in [1.82, 2.24) is 62.4 Å². The van der Waals surface area contributed by atoms with Gasteiger partial charge in [-0.1, -0.05) is 54.6 Å². The van der Waals surface area contributed by atoms with Crippen molar-refractivity contribution in [1.29, 1.82) is 0 Å². The fraction of sp³-hybridized carbons (Fsp3) is 0.0875. The second kappa shape index (κ2) is 21.9. The van der Waals surface area contributed by atoms with Crippen molar-refractivity contribution in [2.24, 2.45) is 14.0 Å². The molecular weight excluding hydrogens is 1310 g/mol. The van der Waals surface area contributed by atoms with Crippen LogP contribution in [-0.2, 0) is 46.7 Å². The molecular formula is C80H55N18O4S+5. The van der Waals surface area contributed by atoms with E-state index in [9.17, 15) is 0 Å². The Bertz CT molecular complexity index is 7090. The third-order valence-electron chi connectivity index (χ3n) is 20.5. The molecule has 22 nitrogen and oxygen atoms in total. The Hall–Kier alpha value is -13.7. The van der Waals surface area contributed by atoms with Crippen LogP contribution in [0.5, 0.6) is 0 Å². The van der Waals surface area contributed by atoms with Crippen LogP contribution < -0.4 is 22.8 Å². The highest BCUT2D eigenvalue weighted by Gasteiger charge is 2.40. The van der Waals surface area contributed by atoms with Crippen LogP contribution in [0.1, 0.15) is 31.9 Å². The number of hydrogen-bond acceptors (Lipinski definition) is 13. The average molecular weight is 1370 g/mol. The normalized spacial score (nSPS) is 13.5. The van der Waals surface area contributed by atoms with E-state index in [1.54, 1.807) is 49.6 Å². The minimum Gasteiger partial charge on any atom is -0.413 e. The Morgan fingerprint density at radius 1 is 0.388 bits per heavy atom. The Kier molecular flexibility index (Phi) is 11.5. The van der Waals surface area contributed by atoms with Crippen molar-refractivity contribution in [2.75, 3.05) is 0 Å². The maximum absolute atomic E-state index is 7.92. The summed E-state index contributed by atoms with van der Waals surface area (Å²) in [5.41, 5.74) is 26.5. The summed E-state index contributed by atoms with van der Waals surface area (Å²) in [6.07, 6.45) is 28.9. The number of rotatable bonds is 1. The molecule has 0 saturated carbocycles. The monoisotopic (exact) mass is 1370 g/mol. The third kappa shape index (κ3) is 8.38. The molecule has 23 heteroatoms. The lowest BCUT2D eigenvalue weighted by Crippen LogP contribution is -2.32. The molecule has 103 heavy (non-hydrogen) atoms. The molecule has 18 aromatic heterocycles. The van der Waals surface area contributed by atoms with Gasteiger partial charge in [-0.15, -0.1) is 0 Å². The zero-order valence-corrected chi connectivity index (χ0v) is 55.5. The summed E-state index contributed by atoms with van der Waals surface area (Å²) in [6.45, 7) is 1.67. The lowest BCUT2D eigenvalue weighted by molar-refractivity contribution is -0.652. The van der Waals surface area contributed by atoms with E-state index in [0.717, 1.165) is 133 Å². The summed E-state index contributed by atoms with van der Waals surface area (Å²) in [6, 6.07) is 47.5. The lowest BCUT2D eigenvalue weighted by Gasteiger charge is -2.00. The number of para-hydroxylation sites is 1. The van der Waals surface area contributed by atoms with Gasteiger partial charge in [-0.2, -0.15) is 27.4 Å². The summed E-state index contributed by atoms with van der Waals surface area (Å²) in [7, 11) is 2.06. The smallest absolute Gasteiger partial charge is 0.383 e. The largest absolute Gasteiger partial charge is 0.413 e. The van der Waals surface area contributed by atoms with Crippen molar-refractivity contribution in [2.45, 2.75) is 32.7 Å². The fourth-order valence-electron chi connectivity index (χ4n) is 15.8. The highest BCUT2D eigenvalue weighted by Crippen LogP contribution is 2.41. The molecule has 0 amide bonds. The molecule has 0 saturated heterocycles. The van der Waals surface area contributed by atoms with Crippen LogP contribution in [0.2, 0.25) is 0 Å². The SMILES string of the molecule is Cn1c2ccncc2c2oc3[n+](c21)Cc1cnccc1-3.[2H]C([2H])([2H])n1c2ccncc2c2oc3[n+](c21)Cc1cnccc1-3.c1ccc(-n2c3ccncc3c3oc4[n+](c32)Cc2cnccc2-4)cc1.c1ccc2c(c1)C[n+]1c-2oc2c1cc1ccncn12.c1ccc2c(c1)C[n+]1c-2sc2c1cc1ccncn12. The first kappa shape index (κ1) is 54.3. The Morgan fingerprint density at radius 3 is 1.47 bits per heavy atom. The number of pyridine rings is 6. The first-order valence-corrected chi connectivity index (χ1v) is 34.4. The van der Waals surface area contributed by atoms with Gasteiger partial charge < -0.3 is 17.7 Å². The summed E-state index contributed by atoms with van der Waals surface area (Å²) >= 11 is 1.85. The van der Waals surface area contributed by atoms with E-state index >= 15 is 0 Å². The number of hydrogen-bond donors (Lipinski definition) is 0. The van der Waals surface area contributed by atoms with Crippen molar-refractivity contribution < 1.29 is 44.6 Å². The predicted molar refractivity (Wildman–Crippen MR) is 384 cm³/mol. The molecule has 0 fully saturated rings. The summed E-state index contributed by atoms with van der Waals surface area (Å²) in [5, 5.41) is 4.15. The van der Waals surface area contributed by atoms with Crippen LogP contribution in [0.15, 0.2) is 257 Å². The predicted octanol–water partition coefficient (Wildman–Crippen LogP) is 12.8. The van der Waals surface area contributed by atoms with E-state index in [-0.39, 0.29) is 0 Å². The maximum Gasteiger partial charge on any atom is 0.383 e. The second-order valence-electron chi connectivity index (χ2n) is 26.0. The topological polar surface area (TPSA) is 199 Å². The molecule has 0 N–H and O–H groups in total. The molecule has 3 aromatic carbocycles. The van der Waals surface area contributed by atoms with Gasteiger partial charge >= 0.3 is 22.8 Å². The molecule has 0 radical (unpaired) electrons. The van der Waals surface area contributed by atoms with Gasteiger partial charge in [-0.25, -0.2) is 19.1 Å². The average Bonchev–Trinajstić information content (AvgIpc) is 1.58. The number of nitrogens with zero attached hydrogens (tertiary/aromatic N) is 18. The number of thiazole rings is 1. The molecule has 0 aliphatic carbocycles. The molecule has 490 valence electrons. The van der Waals surface area contributed by atoms with Gasteiger partial charge in [0, 0.05) is 145 Å². The Balaban J connectivity index is 0.0000000830. The van der Waals surface area contributed by atoms with Crippen molar-refractivity contribution in [3.05, 3.63) is 267 Å². The van der Waals surface area contributed by atoms with Crippen LogP contribution in [0.3, 0.4) is 0 Å². The first-order valence-electron chi connectivity index (χ1n) is 35.1. The summed E-state index contributed by atoms with van der Waals surface area (Å²) < 4.78 is 69.3. The fourth-order valence-corrected chi connectivity index (χ4v) is 17.1. The Morgan fingerprint density at radius 2 is 0.835 bits per heavy atom. The summed E-state index contributed by atoms with van der Waals surface area (Å²) in [5.74, 6) is 3.40. The van der Waals surface area contributed by atoms with Gasteiger partial charge in [0.1, 0.15) is 54.5 Å². The number of aromatic nitrogens is 18. The number of oxazole rings is 4. The third-order valence-corrected chi connectivity index (χ3v) is 21.7. The van der Waals surface area contributed by atoms with E-state index in [2.05, 4.69) is 170 Å². The highest BCUT2D eigenvalue weighted by atomic mass is 32.1. The van der Waals surface area contributed by atoms with Gasteiger partial charge in [0.15, 0.2) is 17.9 Å². The molecule has 21 aromatic rings. The van der Waals surface area contributed by atoms with Gasteiger partial charge in [0.25, 0.3) is 33.9 Å². The van der Waals surface area contributed by atoms with Crippen molar-refractivity contribution in [3.63, 3.8) is 0 Å². The number of benzene rings is 3. The molecule has 5 aliphatic rings. The van der Waals surface area contributed by atoms with Crippen LogP contribution in [0, 0.1) is 0 Å². The van der Waals surface area contributed by atoms with E-state index in [1.165, 1.54) is 58.8 Å². The van der Waals surface area contributed by atoms with Crippen LogP contribution in [0.4, 0.5) is 0 Å². The van der Waals surface area contributed by atoms with Crippen LogP contribution in [-0.4, -0.2) is 62.4 Å². The zero-order chi connectivity index (χ0) is 70.2. The minimum atomic E-state index is -2.31. The molecule has 26 rings (SSSR count). The van der Waals surface area contributed by atoms with Crippen LogP contribution in [0.25, 0.3) is 161 Å². The zero-order valence-electron chi connectivity index (χ0n) is 57.6. The van der Waals surface area contributed by atoms with Gasteiger partial charge in [-0.3, -0.25) is 38.7 Å². The van der Waals surface area contributed by atoms with Crippen molar-refractivity contribution in [3.8, 4) is 62.1 Å². The molecule has 0 spiro atoms. The van der Waals surface area contributed by atoms with E-state index in [1.807, 2.05) is 119 Å². The molecule has 5 aliphatic heterocycles. The molecule has 23 heterocycles. The quantitative estimate of drug-likeness (QED) is 0.141. The van der Waals surface area contributed by atoms with E-state index < -0.39 is 6.98 Å². The van der Waals surface area contributed by atoms with Crippen LogP contribution >= 0.6 is 11.3 Å². The standard InChI is InChI=1S/C20H13N4O.2C15H11N4O.C15H10N3O.C15H10N3S/c1-2-4-14(5-3-1)24-17-7-9-22-11-16(17)18-19(24)23-12-13-10-21-8-6-15(13)20(23)25-18;2*1-18-12-3-5-17-7-11(12)13-14(18)19-8-9-6-16-4-2-10(9)15(19)20-13;2*1-2-4-12-10(3-1)8-17-13-7-11-5-6-16-9-18(11)15(13)19-14(12)17/h1-11H,12H2;2*2-7H,8H2,1H3;2*1-7,9H,8H2/q5*+1/i;1D3;;;. The van der Waals surface area contributed by atoms with E-state index in [0.29, 0.717) is 34.6 Å². The molecule has 0 atom stereocenters. The second-order valence-corrected chi connectivity index (χ2v) is 27.0. The van der Waals surface area contributed by atoms with Gasteiger partial charge in [0.05, 0.1) is 73.1 Å². The van der Waals surface area contributed by atoms with Crippen molar-refractivity contribution >= 4 is 110 Å². The maximum atomic E-state index is 7.92. The highest BCUT2D eigenvalue weighted by molar-refractivity contribution is 7.20. The number of fused-ring (bicyclic) bond motifs is 35. The first-order chi connectivity index (χ1) is 52.1. The Labute approximate surface area is 589 Å². The molecule has 0 unspecified atom stereocenters. The minimum absolute atomic E-state index is 0.547. The molecule has 0 bridgehead atoms. The number of aryl methyl sites for hydroxylation is 2.